The van der Waals surface area contributed by atoms with Crippen LogP contribution in [0.4, 0.5) is 0 Å². The van der Waals surface area contributed by atoms with Crippen molar-refractivity contribution in [1.82, 2.24) is 5.32 Å². The van der Waals surface area contributed by atoms with Gasteiger partial charge in [0.25, 0.3) is 5.91 Å². The van der Waals surface area contributed by atoms with Crippen LogP contribution in [0.25, 0.3) is 0 Å². The summed E-state index contributed by atoms with van der Waals surface area (Å²) >= 11 is 11.9. The highest BCUT2D eigenvalue weighted by atomic mass is 35.5. The minimum absolute atomic E-state index is 0.394. The Labute approximate surface area is 155 Å². The summed E-state index contributed by atoms with van der Waals surface area (Å²) in [6.45, 7) is 1.24. The molecule has 2 atom stereocenters. The van der Waals surface area contributed by atoms with Gasteiger partial charge in [-0.2, -0.15) is 0 Å². The van der Waals surface area contributed by atoms with Gasteiger partial charge in [0.1, 0.15) is 0 Å². The molecule has 2 aromatic carbocycles. The van der Waals surface area contributed by atoms with Gasteiger partial charge in [-0.1, -0.05) is 59.6 Å². The number of carbonyl (C=O) groups excluding carboxylic acids is 2. The number of hydrogen-bond acceptors (Lipinski definition) is 4. The van der Waals surface area contributed by atoms with Crippen LogP contribution in [-0.4, -0.2) is 23.6 Å². The van der Waals surface area contributed by atoms with E-state index in [-0.39, 0.29) is 0 Å². The van der Waals surface area contributed by atoms with Gasteiger partial charge in [-0.25, -0.2) is 4.79 Å². The molecule has 0 aliphatic rings. The maximum absolute atomic E-state index is 11.9. The van der Waals surface area contributed by atoms with Crippen molar-refractivity contribution in [2.24, 2.45) is 0 Å². The predicted octanol–water partition coefficient (Wildman–Crippen LogP) is 3.45. The molecule has 25 heavy (non-hydrogen) atoms. The highest BCUT2D eigenvalue weighted by Gasteiger charge is 2.20. The second-order valence-corrected chi connectivity index (χ2v) is 6.22. The molecule has 0 aliphatic heterocycles. The molecule has 2 rings (SSSR count). The van der Waals surface area contributed by atoms with Gasteiger partial charge in [-0.05, 0) is 30.2 Å². The fraction of sp³-hybridized carbons (Fsp3) is 0.222. The van der Waals surface area contributed by atoms with E-state index in [0.717, 1.165) is 0 Å². The van der Waals surface area contributed by atoms with Gasteiger partial charge in [0.15, 0.2) is 12.7 Å². The molecule has 1 amide bonds. The quantitative estimate of drug-likeness (QED) is 0.751. The van der Waals surface area contributed by atoms with Crippen molar-refractivity contribution in [3.8, 4) is 0 Å². The number of nitrogens with one attached hydrogen (secondary N) is 1. The molecule has 0 fully saturated rings. The zero-order valence-electron chi connectivity index (χ0n) is 13.4. The van der Waals surface area contributed by atoms with Crippen LogP contribution in [0, 0.1) is 0 Å². The molecule has 132 valence electrons. The zero-order chi connectivity index (χ0) is 18.4. The first-order valence-electron chi connectivity index (χ1n) is 7.52. The van der Waals surface area contributed by atoms with E-state index in [1.807, 2.05) is 0 Å². The molecule has 2 N–H and O–H groups in total. The number of halogens is 2. The zero-order valence-corrected chi connectivity index (χ0v) is 14.9. The first kappa shape index (κ1) is 19.2. The van der Waals surface area contributed by atoms with E-state index in [2.05, 4.69) is 5.32 Å². The molecule has 0 heterocycles. The second-order valence-electron chi connectivity index (χ2n) is 5.38. The Kier molecular flexibility index (Phi) is 6.82. The average Bonchev–Trinajstić information content (AvgIpc) is 2.59. The van der Waals surface area contributed by atoms with E-state index >= 15 is 0 Å². The topological polar surface area (TPSA) is 75.6 Å². The van der Waals surface area contributed by atoms with Crippen LogP contribution in [0.1, 0.15) is 30.2 Å². The summed E-state index contributed by atoms with van der Waals surface area (Å²) in [6.07, 6.45) is -1.43. The summed E-state index contributed by atoms with van der Waals surface area (Å²) in [5.41, 5.74) is 1.09. The van der Waals surface area contributed by atoms with Crippen molar-refractivity contribution in [1.29, 1.82) is 0 Å². The lowest BCUT2D eigenvalue weighted by Gasteiger charge is -2.16. The monoisotopic (exact) mass is 381 g/mol. The van der Waals surface area contributed by atoms with Crippen molar-refractivity contribution in [3.05, 3.63) is 69.7 Å². The highest BCUT2D eigenvalue weighted by molar-refractivity contribution is 6.35. The van der Waals surface area contributed by atoms with E-state index in [9.17, 15) is 14.7 Å². The van der Waals surface area contributed by atoms with Crippen LogP contribution in [-0.2, 0) is 14.3 Å². The minimum atomic E-state index is -1.43. The van der Waals surface area contributed by atoms with Crippen LogP contribution in [0.15, 0.2) is 48.5 Å². The number of esters is 1. The molecule has 0 radical (unpaired) electrons. The van der Waals surface area contributed by atoms with Crippen molar-refractivity contribution < 1.29 is 19.4 Å². The molecule has 5 nitrogen and oxygen atoms in total. The number of rotatable bonds is 6. The van der Waals surface area contributed by atoms with Crippen molar-refractivity contribution in [3.63, 3.8) is 0 Å². The van der Waals surface area contributed by atoms with Crippen molar-refractivity contribution in [2.75, 3.05) is 6.61 Å². The molecular weight excluding hydrogens is 365 g/mol. The number of aliphatic hydroxyl groups is 1. The van der Waals surface area contributed by atoms with E-state index in [0.29, 0.717) is 21.2 Å². The highest BCUT2D eigenvalue weighted by Crippen LogP contribution is 2.26. The lowest BCUT2D eigenvalue weighted by molar-refractivity contribution is -0.157. The van der Waals surface area contributed by atoms with Crippen molar-refractivity contribution >= 4 is 35.1 Å². The maximum Gasteiger partial charge on any atom is 0.340 e. The first-order valence-corrected chi connectivity index (χ1v) is 8.28. The number of benzene rings is 2. The van der Waals surface area contributed by atoms with Crippen LogP contribution < -0.4 is 5.32 Å². The summed E-state index contributed by atoms with van der Waals surface area (Å²) < 4.78 is 4.85. The predicted molar refractivity (Wildman–Crippen MR) is 95.4 cm³/mol. The Morgan fingerprint density at radius 2 is 1.84 bits per heavy atom. The molecular formula is C18H17Cl2NO4. The molecule has 2 aromatic rings. The Balaban J connectivity index is 1.86. The molecule has 0 aliphatic carbocycles. The summed E-state index contributed by atoms with van der Waals surface area (Å²) in [5.74, 6) is -1.40. The fourth-order valence-electron chi connectivity index (χ4n) is 2.20. The smallest absolute Gasteiger partial charge is 0.340 e. The Hall–Kier alpha value is -2.08. The molecule has 0 unspecified atom stereocenters. The Bertz CT molecular complexity index is 752. The molecule has 7 heteroatoms. The Morgan fingerprint density at radius 1 is 1.16 bits per heavy atom. The van der Waals surface area contributed by atoms with Crippen LogP contribution >= 0.6 is 23.2 Å². The van der Waals surface area contributed by atoms with Gasteiger partial charge in [0, 0.05) is 10.0 Å². The number of aliphatic hydroxyl groups excluding tert-OH is 1. The SMILES string of the molecule is C[C@@H](NC(=O)COC(=O)[C@@H](O)c1ccccc1)c1ccc(Cl)cc1Cl. The van der Waals surface area contributed by atoms with Crippen molar-refractivity contribution in [2.45, 2.75) is 19.1 Å². The van der Waals surface area contributed by atoms with Crippen LogP contribution in [0.5, 0.6) is 0 Å². The van der Waals surface area contributed by atoms with Gasteiger partial charge < -0.3 is 15.2 Å². The third-order valence-electron chi connectivity index (χ3n) is 3.49. The van der Waals surface area contributed by atoms with Crippen LogP contribution in [0.2, 0.25) is 10.0 Å². The number of amides is 1. The Morgan fingerprint density at radius 3 is 2.48 bits per heavy atom. The third kappa shape index (κ3) is 5.46. The molecule has 0 saturated carbocycles. The first-order chi connectivity index (χ1) is 11.9. The minimum Gasteiger partial charge on any atom is -0.453 e. The summed E-state index contributed by atoms with van der Waals surface area (Å²) in [4.78, 5) is 23.7. The third-order valence-corrected chi connectivity index (χ3v) is 4.05. The number of carbonyl (C=O) groups is 2. The van der Waals surface area contributed by atoms with E-state index < -0.39 is 30.6 Å². The fourth-order valence-corrected chi connectivity index (χ4v) is 2.77. The second kappa shape index (κ2) is 8.85. The summed E-state index contributed by atoms with van der Waals surface area (Å²) in [5, 5.41) is 13.5. The standard InChI is InChI=1S/C18H17Cl2NO4/c1-11(14-8-7-13(19)9-15(14)20)21-16(22)10-25-18(24)17(23)12-5-3-2-4-6-12/h2-9,11,17,23H,10H2,1H3,(H,21,22)/t11-,17+/m1/s1. The lowest BCUT2D eigenvalue weighted by atomic mass is 10.1. The molecule has 0 spiro atoms. The summed E-state index contributed by atoms with van der Waals surface area (Å²) in [6, 6.07) is 12.9. The van der Waals surface area contributed by atoms with Crippen LogP contribution in [0.3, 0.4) is 0 Å². The van der Waals surface area contributed by atoms with Gasteiger partial charge in [0.2, 0.25) is 0 Å². The van der Waals surface area contributed by atoms with E-state index in [1.165, 1.54) is 0 Å². The average molecular weight is 382 g/mol. The molecule has 0 bridgehead atoms. The van der Waals surface area contributed by atoms with Gasteiger partial charge in [0.05, 0.1) is 6.04 Å². The lowest BCUT2D eigenvalue weighted by Crippen LogP contribution is -2.32. The number of ether oxygens (including phenoxy) is 1. The summed E-state index contributed by atoms with van der Waals surface area (Å²) in [7, 11) is 0. The normalized spacial score (nSPS) is 13.0. The molecule has 0 saturated heterocycles. The van der Waals surface area contributed by atoms with E-state index in [1.54, 1.807) is 55.5 Å². The number of hydrogen-bond donors (Lipinski definition) is 2. The maximum atomic E-state index is 11.9. The van der Waals surface area contributed by atoms with E-state index in [4.69, 9.17) is 27.9 Å². The molecule has 0 aromatic heterocycles. The van der Waals surface area contributed by atoms with Gasteiger partial charge in [-0.15, -0.1) is 0 Å². The largest absolute Gasteiger partial charge is 0.453 e. The van der Waals surface area contributed by atoms with Gasteiger partial charge in [-0.3, -0.25) is 4.79 Å². The van der Waals surface area contributed by atoms with Gasteiger partial charge >= 0.3 is 5.97 Å².